The van der Waals surface area contributed by atoms with Crippen molar-refractivity contribution in [2.24, 2.45) is 0 Å². The van der Waals surface area contributed by atoms with E-state index in [4.69, 9.17) is 4.74 Å². The summed E-state index contributed by atoms with van der Waals surface area (Å²) >= 11 is 0. The molecular weight excluding hydrogens is 419 g/mol. The second-order valence-corrected chi connectivity index (χ2v) is 8.00. The van der Waals surface area contributed by atoms with Crippen LogP contribution in [0.3, 0.4) is 0 Å². The molecule has 1 N–H and O–H groups in total. The molecule has 0 saturated carbocycles. The molecule has 0 saturated heterocycles. The minimum atomic E-state index is -0.752. The van der Waals surface area contributed by atoms with E-state index in [0.29, 0.717) is 12.2 Å². The summed E-state index contributed by atoms with van der Waals surface area (Å²) in [4.78, 5) is 27.7. The van der Waals surface area contributed by atoms with Crippen molar-refractivity contribution in [3.8, 4) is 5.75 Å². The van der Waals surface area contributed by atoms with E-state index in [1.165, 1.54) is 17.0 Å². The number of ether oxygens (including phenoxy) is 1. The maximum atomic E-state index is 13.4. The lowest BCUT2D eigenvalue weighted by molar-refractivity contribution is -0.142. The van der Waals surface area contributed by atoms with E-state index in [1.807, 2.05) is 62.4 Å². The molecule has 0 aliphatic heterocycles. The molecule has 0 bridgehead atoms. The lowest BCUT2D eigenvalue weighted by atomic mass is 10.0. The number of aryl methyl sites for hydroxylation is 2. The van der Waals surface area contributed by atoms with Crippen LogP contribution < -0.4 is 10.1 Å². The minimum Gasteiger partial charge on any atom is -0.484 e. The van der Waals surface area contributed by atoms with Gasteiger partial charge in [0.1, 0.15) is 17.6 Å². The van der Waals surface area contributed by atoms with Gasteiger partial charge in [-0.2, -0.15) is 0 Å². The lowest BCUT2D eigenvalue weighted by Gasteiger charge is -2.31. The van der Waals surface area contributed by atoms with Crippen molar-refractivity contribution in [3.63, 3.8) is 0 Å². The number of carbonyl (C=O) groups is 2. The van der Waals surface area contributed by atoms with Gasteiger partial charge in [-0.25, -0.2) is 4.39 Å². The van der Waals surface area contributed by atoms with Crippen LogP contribution in [-0.2, 0) is 22.6 Å². The number of carbonyl (C=O) groups excluding carboxylic acids is 2. The Hall–Kier alpha value is -3.67. The minimum absolute atomic E-state index is 0.153. The molecule has 3 aromatic carbocycles. The average molecular weight is 449 g/mol. The number of nitrogens with zero attached hydrogens (tertiary/aromatic N) is 1. The molecule has 3 aromatic rings. The molecule has 2 amide bonds. The van der Waals surface area contributed by atoms with Crippen molar-refractivity contribution in [1.82, 2.24) is 10.2 Å². The monoisotopic (exact) mass is 448 g/mol. The molecule has 0 aliphatic rings. The first-order chi connectivity index (χ1) is 15.9. The molecule has 5 nitrogen and oxygen atoms in total. The molecule has 1 atom stereocenters. The summed E-state index contributed by atoms with van der Waals surface area (Å²) < 4.78 is 19.2. The van der Waals surface area contributed by atoms with E-state index < -0.39 is 6.04 Å². The standard InChI is InChI=1S/C27H29FN2O3/c1-19-9-14-24(15-20(19)2)33-18-26(31)30(17-22-10-12-23(28)13-11-22)25(27(32)29-3)16-21-7-5-4-6-8-21/h4-15,25H,16-18H2,1-3H3,(H,29,32)/t25-/m0/s1. The third kappa shape index (κ3) is 6.65. The van der Waals surface area contributed by atoms with Crippen LogP contribution in [0.15, 0.2) is 72.8 Å². The topological polar surface area (TPSA) is 58.6 Å². The lowest BCUT2D eigenvalue weighted by Crippen LogP contribution is -2.51. The summed E-state index contributed by atoms with van der Waals surface area (Å²) in [7, 11) is 1.55. The van der Waals surface area contributed by atoms with Crippen LogP contribution >= 0.6 is 0 Å². The fraction of sp³-hybridized carbons (Fsp3) is 0.259. The number of likely N-dealkylation sites (N-methyl/N-ethyl adjacent to an activating group) is 1. The number of amides is 2. The molecule has 0 heterocycles. The molecule has 0 aliphatic carbocycles. The zero-order valence-electron chi connectivity index (χ0n) is 19.2. The molecule has 0 radical (unpaired) electrons. The predicted octanol–water partition coefficient (Wildman–Crippen LogP) is 4.21. The highest BCUT2D eigenvalue weighted by atomic mass is 19.1. The van der Waals surface area contributed by atoms with Gasteiger partial charge in [0.05, 0.1) is 0 Å². The largest absolute Gasteiger partial charge is 0.484 e. The van der Waals surface area contributed by atoms with Crippen LogP contribution in [-0.4, -0.2) is 36.4 Å². The van der Waals surface area contributed by atoms with E-state index in [2.05, 4.69) is 5.32 Å². The summed E-state index contributed by atoms with van der Waals surface area (Å²) in [5.74, 6) is -0.378. The van der Waals surface area contributed by atoms with Crippen LogP contribution in [0.2, 0.25) is 0 Å². The smallest absolute Gasteiger partial charge is 0.261 e. The summed E-state index contributed by atoms with van der Waals surface area (Å²) in [5.41, 5.74) is 3.85. The number of hydrogen-bond donors (Lipinski definition) is 1. The SMILES string of the molecule is CNC(=O)[C@H](Cc1ccccc1)N(Cc1ccc(F)cc1)C(=O)COc1ccc(C)c(C)c1. The third-order valence-corrected chi connectivity index (χ3v) is 5.62. The number of benzene rings is 3. The highest BCUT2D eigenvalue weighted by Gasteiger charge is 2.30. The van der Waals surface area contributed by atoms with Crippen LogP contribution in [0, 0.1) is 19.7 Å². The number of halogens is 1. The molecule has 33 heavy (non-hydrogen) atoms. The van der Waals surface area contributed by atoms with E-state index in [-0.39, 0.29) is 30.8 Å². The van der Waals surface area contributed by atoms with Crippen molar-refractivity contribution in [3.05, 3.63) is 101 Å². The molecular formula is C27H29FN2O3. The Morgan fingerprint density at radius 2 is 1.64 bits per heavy atom. The van der Waals surface area contributed by atoms with Crippen molar-refractivity contribution in [1.29, 1.82) is 0 Å². The Labute approximate surface area is 194 Å². The van der Waals surface area contributed by atoms with Crippen LogP contribution in [0.25, 0.3) is 0 Å². The molecule has 0 unspecified atom stereocenters. The molecule has 0 spiro atoms. The van der Waals surface area contributed by atoms with Crippen molar-refractivity contribution >= 4 is 11.8 Å². The van der Waals surface area contributed by atoms with Crippen molar-refractivity contribution < 1.29 is 18.7 Å². The first-order valence-electron chi connectivity index (χ1n) is 10.9. The second kappa shape index (κ2) is 11.3. The maximum absolute atomic E-state index is 13.4. The van der Waals surface area contributed by atoms with Gasteiger partial charge in [0.15, 0.2) is 6.61 Å². The number of nitrogens with one attached hydrogen (secondary N) is 1. The van der Waals surface area contributed by atoms with E-state index in [9.17, 15) is 14.0 Å². The molecule has 172 valence electrons. The summed E-state index contributed by atoms with van der Waals surface area (Å²) in [5, 5.41) is 2.67. The normalized spacial score (nSPS) is 11.5. The fourth-order valence-corrected chi connectivity index (χ4v) is 3.54. The van der Waals surface area contributed by atoms with E-state index >= 15 is 0 Å². The Balaban J connectivity index is 1.86. The Morgan fingerprint density at radius 3 is 2.27 bits per heavy atom. The Kier molecular flexibility index (Phi) is 8.19. The fourth-order valence-electron chi connectivity index (χ4n) is 3.54. The van der Waals surface area contributed by atoms with Crippen molar-refractivity contribution in [2.45, 2.75) is 32.9 Å². The summed E-state index contributed by atoms with van der Waals surface area (Å²) in [6, 6.07) is 20.3. The molecule has 0 aromatic heterocycles. The van der Waals surface area contributed by atoms with Gasteiger partial charge < -0.3 is 15.0 Å². The predicted molar refractivity (Wildman–Crippen MR) is 126 cm³/mol. The number of rotatable bonds is 9. The van der Waals surface area contributed by atoms with Crippen LogP contribution in [0.5, 0.6) is 5.75 Å². The zero-order chi connectivity index (χ0) is 23.8. The zero-order valence-corrected chi connectivity index (χ0v) is 19.2. The van der Waals surface area contributed by atoms with E-state index in [0.717, 1.165) is 22.3 Å². The highest BCUT2D eigenvalue weighted by molar-refractivity contribution is 5.88. The van der Waals surface area contributed by atoms with Gasteiger partial charge in [-0.15, -0.1) is 0 Å². The second-order valence-electron chi connectivity index (χ2n) is 8.00. The van der Waals surface area contributed by atoms with Crippen LogP contribution in [0.1, 0.15) is 22.3 Å². The van der Waals surface area contributed by atoms with Crippen molar-refractivity contribution in [2.75, 3.05) is 13.7 Å². The Morgan fingerprint density at radius 1 is 0.939 bits per heavy atom. The molecule has 3 rings (SSSR count). The quantitative estimate of drug-likeness (QED) is 0.534. The summed E-state index contributed by atoms with van der Waals surface area (Å²) in [6.07, 6.45) is 0.344. The first kappa shape index (κ1) is 24.0. The summed E-state index contributed by atoms with van der Waals surface area (Å²) in [6.45, 7) is 3.92. The molecule has 6 heteroatoms. The first-order valence-corrected chi connectivity index (χ1v) is 10.9. The van der Waals surface area contributed by atoms with Gasteiger partial charge in [-0.3, -0.25) is 9.59 Å². The van der Waals surface area contributed by atoms with Gasteiger partial charge in [0, 0.05) is 20.0 Å². The van der Waals surface area contributed by atoms with Gasteiger partial charge >= 0.3 is 0 Å². The van der Waals surface area contributed by atoms with Gasteiger partial charge in [-0.05, 0) is 60.4 Å². The van der Waals surface area contributed by atoms with Crippen LogP contribution in [0.4, 0.5) is 4.39 Å². The Bertz CT molecular complexity index is 1080. The van der Waals surface area contributed by atoms with Gasteiger partial charge in [-0.1, -0.05) is 48.5 Å². The molecule has 0 fully saturated rings. The van der Waals surface area contributed by atoms with Gasteiger partial charge in [0.25, 0.3) is 5.91 Å². The third-order valence-electron chi connectivity index (χ3n) is 5.62. The van der Waals surface area contributed by atoms with Gasteiger partial charge in [0.2, 0.25) is 5.91 Å². The van der Waals surface area contributed by atoms with E-state index in [1.54, 1.807) is 19.2 Å². The number of hydrogen-bond acceptors (Lipinski definition) is 3. The highest BCUT2D eigenvalue weighted by Crippen LogP contribution is 2.18. The maximum Gasteiger partial charge on any atom is 0.261 e. The average Bonchev–Trinajstić information content (AvgIpc) is 2.83.